The molecular formula is C23H18F5N5O4. The molecule has 1 aromatic carbocycles. The Bertz CT molecular complexity index is 1510. The minimum Gasteiger partial charge on any atom is -0.475 e. The molecule has 3 heterocycles. The normalized spacial score (nSPS) is 12.4. The molecule has 37 heavy (non-hydrogen) atoms. The summed E-state index contributed by atoms with van der Waals surface area (Å²) in [4.78, 5) is 32.7. The molecule has 0 unspecified atom stereocenters. The molecule has 2 aromatic heterocycles. The van der Waals surface area contributed by atoms with Gasteiger partial charge >= 0.3 is 17.8 Å². The van der Waals surface area contributed by atoms with Crippen molar-refractivity contribution in [2.75, 3.05) is 11.9 Å². The molecule has 194 valence electrons. The summed E-state index contributed by atoms with van der Waals surface area (Å²) in [6.07, 6.45) is -4.37. The van der Waals surface area contributed by atoms with Crippen LogP contribution in [0.1, 0.15) is 23.1 Å². The number of nitrogens with one attached hydrogen (secondary N) is 1. The van der Waals surface area contributed by atoms with Gasteiger partial charge in [-0.05, 0) is 42.3 Å². The van der Waals surface area contributed by atoms with Gasteiger partial charge in [0.15, 0.2) is 5.65 Å². The molecule has 0 bridgehead atoms. The number of hydrogen-bond donors (Lipinski definition) is 3. The third-order valence-electron chi connectivity index (χ3n) is 5.03. The van der Waals surface area contributed by atoms with Gasteiger partial charge in [-0.15, -0.1) is 5.10 Å². The predicted molar refractivity (Wildman–Crippen MR) is 121 cm³/mol. The molecule has 4 rings (SSSR count). The van der Waals surface area contributed by atoms with Gasteiger partial charge in [-0.1, -0.05) is 11.8 Å². The van der Waals surface area contributed by atoms with Crippen LogP contribution in [0.3, 0.4) is 0 Å². The van der Waals surface area contributed by atoms with Crippen LogP contribution < -0.4 is 16.7 Å². The van der Waals surface area contributed by atoms with Crippen LogP contribution in [-0.2, 0) is 22.6 Å². The molecule has 9 nitrogen and oxygen atoms in total. The number of fused-ring (bicyclic) bond motifs is 2. The number of benzene rings is 1. The number of nitrogens with zero attached hydrogens (tertiary/aromatic N) is 3. The van der Waals surface area contributed by atoms with E-state index in [9.17, 15) is 31.5 Å². The third-order valence-corrected chi connectivity index (χ3v) is 5.03. The molecule has 0 atom stereocenters. The number of nitrogens with two attached hydrogens (primary N) is 1. The smallest absolute Gasteiger partial charge is 0.475 e. The van der Waals surface area contributed by atoms with Crippen LogP contribution in [0.25, 0.3) is 5.65 Å². The number of carboxylic acids is 1. The number of aryl methyl sites for hydroxylation is 1. The maximum Gasteiger partial charge on any atom is 0.490 e. The number of amides is 1. The zero-order chi connectivity index (χ0) is 27.3. The summed E-state index contributed by atoms with van der Waals surface area (Å²) in [6.45, 7) is -0.726. The summed E-state index contributed by atoms with van der Waals surface area (Å²) in [5.74, 6) is 3.32. The fraction of sp³-hybridized carbons (Fsp3) is 0.217. The lowest BCUT2D eigenvalue weighted by molar-refractivity contribution is -0.192. The topological polar surface area (TPSA) is 132 Å². The van der Waals surface area contributed by atoms with Crippen molar-refractivity contribution < 1.29 is 36.6 Å². The first-order chi connectivity index (χ1) is 17.4. The molecule has 0 saturated heterocycles. The van der Waals surface area contributed by atoms with Gasteiger partial charge in [-0.25, -0.2) is 14.3 Å². The van der Waals surface area contributed by atoms with Crippen LogP contribution in [0.4, 0.5) is 27.6 Å². The van der Waals surface area contributed by atoms with Crippen LogP contribution in [-0.4, -0.2) is 43.9 Å². The first kappa shape index (κ1) is 27.1. The standard InChI is InChI=1S/C21H17F2N5O2.C2HF3O2/c22-20(23)16(11-24)12-28-21(30)27-8-7-14(10-18(27)26-28)2-1-13-3-5-17-15(9-13)4-6-19(29)25-17;3-2(4,5)1(6)7/h3,5,7-10H,4,6,11-12,24H2,(H,25,29);(H,6,7). The Morgan fingerprint density at radius 1 is 1.11 bits per heavy atom. The van der Waals surface area contributed by atoms with Crippen molar-refractivity contribution in [2.45, 2.75) is 25.6 Å². The molecule has 4 N–H and O–H groups in total. The number of hydrogen-bond acceptors (Lipinski definition) is 5. The zero-order valence-electron chi connectivity index (χ0n) is 18.8. The molecule has 0 aliphatic carbocycles. The summed E-state index contributed by atoms with van der Waals surface area (Å²) >= 11 is 0. The number of anilines is 1. The Labute approximate surface area is 205 Å². The van der Waals surface area contributed by atoms with E-state index in [1.165, 1.54) is 10.6 Å². The molecule has 3 aromatic rings. The van der Waals surface area contributed by atoms with Gasteiger partial charge in [0.2, 0.25) is 5.91 Å². The third kappa shape index (κ3) is 6.79. The monoisotopic (exact) mass is 523 g/mol. The first-order valence-corrected chi connectivity index (χ1v) is 10.5. The van der Waals surface area contributed by atoms with Crippen molar-refractivity contribution in [3.8, 4) is 11.8 Å². The summed E-state index contributed by atoms with van der Waals surface area (Å²) in [5.41, 5.74) is 7.99. The highest BCUT2D eigenvalue weighted by Gasteiger charge is 2.38. The highest BCUT2D eigenvalue weighted by atomic mass is 19.4. The number of halogens is 5. The van der Waals surface area contributed by atoms with E-state index >= 15 is 0 Å². The van der Waals surface area contributed by atoms with Crippen LogP contribution in [0.5, 0.6) is 0 Å². The maximum absolute atomic E-state index is 12.8. The zero-order valence-corrected chi connectivity index (χ0v) is 18.8. The quantitative estimate of drug-likeness (QED) is 0.357. The van der Waals surface area contributed by atoms with Gasteiger partial charge in [0.1, 0.15) is 0 Å². The van der Waals surface area contributed by atoms with Crippen molar-refractivity contribution >= 4 is 23.2 Å². The number of pyridine rings is 1. The molecule has 1 aliphatic rings. The predicted octanol–water partition coefficient (Wildman–Crippen LogP) is 2.52. The molecule has 1 amide bonds. The van der Waals surface area contributed by atoms with E-state index in [2.05, 4.69) is 22.3 Å². The Hall–Kier alpha value is -4.51. The number of aromatic nitrogens is 3. The van der Waals surface area contributed by atoms with E-state index < -0.39 is 23.9 Å². The van der Waals surface area contributed by atoms with E-state index in [1.807, 2.05) is 18.2 Å². The minimum absolute atomic E-state index is 0.00708. The van der Waals surface area contributed by atoms with Gasteiger partial charge in [0.25, 0.3) is 6.08 Å². The van der Waals surface area contributed by atoms with Gasteiger partial charge in [0, 0.05) is 41.5 Å². The van der Waals surface area contributed by atoms with Crippen molar-refractivity contribution in [3.05, 3.63) is 75.4 Å². The molecule has 14 heteroatoms. The van der Waals surface area contributed by atoms with Crippen molar-refractivity contribution in [2.24, 2.45) is 5.73 Å². The lowest BCUT2D eigenvalue weighted by Gasteiger charge is -2.16. The Kier molecular flexibility index (Phi) is 8.08. The van der Waals surface area contributed by atoms with E-state index in [-0.39, 0.29) is 24.6 Å². The average molecular weight is 523 g/mol. The summed E-state index contributed by atoms with van der Waals surface area (Å²) in [6, 6.07) is 8.85. The second-order valence-electron chi connectivity index (χ2n) is 7.62. The number of carbonyl (C=O) groups is 2. The minimum atomic E-state index is -5.08. The van der Waals surface area contributed by atoms with Gasteiger partial charge < -0.3 is 16.2 Å². The Morgan fingerprint density at radius 3 is 2.35 bits per heavy atom. The van der Waals surface area contributed by atoms with Crippen LogP contribution in [0.2, 0.25) is 0 Å². The van der Waals surface area contributed by atoms with Crippen molar-refractivity contribution in [1.29, 1.82) is 0 Å². The molecule has 0 fully saturated rings. The highest BCUT2D eigenvalue weighted by Crippen LogP contribution is 2.23. The van der Waals surface area contributed by atoms with E-state index in [1.54, 1.807) is 12.1 Å². The van der Waals surface area contributed by atoms with E-state index in [0.717, 1.165) is 21.5 Å². The van der Waals surface area contributed by atoms with Gasteiger partial charge in [0.05, 0.1) is 6.54 Å². The second kappa shape index (κ2) is 11.0. The highest BCUT2D eigenvalue weighted by molar-refractivity contribution is 5.94. The van der Waals surface area contributed by atoms with Crippen LogP contribution >= 0.6 is 0 Å². The lowest BCUT2D eigenvalue weighted by atomic mass is 10.0. The first-order valence-electron chi connectivity index (χ1n) is 10.5. The Balaban J connectivity index is 0.000000479. The average Bonchev–Trinajstić information content (AvgIpc) is 3.15. The van der Waals surface area contributed by atoms with E-state index in [0.29, 0.717) is 24.1 Å². The van der Waals surface area contributed by atoms with Gasteiger partial charge in [-0.2, -0.15) is 22.0 Å². The molecule has 0 saturated carbocycles. The SMILES string of the molecule is NCC(Cn1nc2cc(C#Cc3ccc4c(c3)CCC(=O)N4)ccn2c1=O)=C(F)F.O=C(O)C(F)(F)F. The number of alkyl halides is 3. The maximum atomic E-state index is 12.8. The summed E-state index contributed by atoms with van der Waals surface area (Å²) in [5, 5.41) is 14.0. The second-order valence-corrected chi connectivity index (χ2v) is 7.62. The van der Waals surface area contributed by atoms with Crippen LogP contribution in [0, 0.1) is 11.8 Å². The number of carboxylic acid groups (broad SMARTS) is 1. The molecular weight excluding hydrogens is 505 g/mol. The van der Waals surface area contributed by atoms with Crippen molar-refractivity contribution in [3.63, 3.8) is 0 Å². The fourth-order valence-corrected chi connectivity index (χ4v) is 3.19. The molecule has 1 aliphatic heterocycles. The van der Waals surface area contributed by atoms with E-state index in [4.69, 9.17) is 15.6 Å². The van der Waals surface area contributed by atoms with Crippen LogP contribution in [0.15, 0.2) is 53.0 Å². The Morgan fingerprint density at radius 2 is 1.76 bits per heavy atom. The number of aliphatic carboxylic acids is 1. The molecule has 0 spiro atoms. The number of carbonyl (C=O) groups excluding carboxylic acids is 1. The summed E-state index contributed by atoms with van der Waals surface area (Å²) < 4.78 is 59.6. The lowest BCUT2D eigenvalue weighted by Crippen LogP contribution is -2.24. The molecule has 0 radical (unpaired) electrons. The van der Waals surface area contributed by atoms with Crippen molar-refractivity contribution in [1.82, 2.24) is 14.2 Å². The summed E-state index contributed by atoms with van der Waals surface area (Å²) in [7, 11) is 0. The number of rotatable bonds is 3. The largest absolute Gasteiger partial charge is 0.490 e. The van der Waals surface area contributed by atoms with Gasteiger partial charge in [-0.3, -0.25) is 9.20 Å². The fourth-order valence-electron chi connectivity index (χ4n) is 3.19.